The van der Waals surface area contributed by atoms with Crippen molar-refractivity contribution in [1.82, 2.24) is 10.6 Å². The Morgan fingerprint density at radius 2 is 1.71 bits per heavy atom. The molecule has 0 aliphatic heterocycles. The van der Waals surface area contributed by atoms with Gasteiger partial charge in [0.15, 0.2) is 5.78 Å². The maximum atomic E-state index is 14.2. The molecule has 6 rings (SSSR count). The maximum Gasteiger partial charge on any atom is 0.262 e. The van der Waals surface area contributed by atoms with Crippen LogP contribution in [0.2, 0.25) is 0 Å². The number of amides is 1. The van der Waals surface area contributed by atoms with E-state index in [4.69, 9.17) is 21.9 Å². The number of para-hydroxylation sites is 1. The molecule has 1 amide bonds. The zero-order valence-electron chi connectivity index (χ0n) is 23.2. The van der Waals surface area contributed by atoms with Gasteiger partial charge in [0.05, 0.1) is 15.6 Å². The summed E-state index contributed by atoms with van der Waals surface area (Å²) in [7, 11) is 1.92. The van der Waals surface area contributed by atoms with E-state index in [-0.39, 0.29) is 23.8 Å². The minimum atomic E-state index is -1.52. The van der Waals surface area contributed by atoms with Gasteiger partial charge < -0.3 is 32.6 Å². The fraction of sp³-hybridized carbons (Fsp3) is 0.312. The summed E-state index contributed by atoms with van der Waals surface area (Å²) >= 11 is 1.28. The van der Waals surface area contributed by atoms with E-state index in [0.29, 0.717) is 44.1 Å². The first-order valence-electron chi connectivity index (χ1n) is 14.0. The monoisotopic (exact) mass is 569 g/mol. The number of nitrogens with two attached hydrogens (primary N) is 3. The van der Waals surface area contributed by atoms with Gasteiger partial charge in [0.1, 0.15) is 17.0 Å². The van der Waals surface area contributed by atoms with Crippen molar-refractivity contribution in [3.63, 3.8) is 0 Å². The number of thiophene rings is 1. The van der Waals surface area contributed by atoms with Crippen molar-refractivity contribution < 1.29 is 14.3 Å². The lowest BCUT2D eigenvalue weighted by atomic mass is 9.69. The number of hydrogen-bond donors (Lipinski definition) is 5. The molecule has 8 N–H and O–H groups in total. The molecule has 2 aliphatic rings. The maximum absolute atomic E-state index is 14.2. The number of ether oxygens (including phenoxy) is 1. The number of Topliss-reactive ketones (excluding diaryl/α,β-unsaturated/α-hetero) is 1. The van der Waals surface area contributed by atoms with Crippen LogP contribution in [-0.2, 0) is 10.3 Å². The summed E-state index contributed by atoms with van der Waals surface area (Å²) in [6.07, 6.45) is 4.08. The number of benzene rings is 3. The number of aryl methyl sites for hydroxylation is 1. The van der Waals surface area contributed by atoms with Crippen molar-refractivity contribution >= 4 is 38.8 Å². The second-order valence-corrected chi connectivity index (χ2v) is 12.1. The van der Waals surface area contributed by atoms with Crippen LogP contribution in [0, 0.1) is 6.92 Å². The van der Waals surface area contributed by atoms with Crippen molar-refractivity contribution in [2.24, 2.45) is 11.5 Å². The number of rotatable bonds is 6. The smallest absolute Gasteiger partial charge is 0.262 e. The highest BCUT2D eigenvalue weighted by molar-refractivity contribution is 7.21. The summed E-state index contributed by atoms with van der Waals surface area (Å²) < 4.78 is 6.72. The Balaban J connectivity index is 1.43. The molecule has 0 spiro atoms. The standard InChI is InChI=1S/C32H35N5O3S/c1-17-16-19(40-18-8-4-3-5-9-18)12-13-20(17)32(35)21-14-15-22(33)28-25(21)26(27(34)30(32)38)29(41-28)31(39)37-24-11-7-6-10-23(24)36-2/h3-5,8-9,12-16,23-24,27,36H,6-7,10-11,33-35H2,1-2H3,(H,37,39)/t23-,24+,27?,32?/m1/s1. The van der Waals surface area contributed by atoms with Gasteiger partial charge in [0, 0.05) is 28.7 Å². The zero-order chi connectivity index (χ0) is 28.9. The zero-order valence-corrected chi connectivity index (χ0v) is 24.0. The highest BCUT2D eigenvalue weighted by Crippen LogP contribution is 2.50. The van der Waals surface area contributed by atoms with Gasteiger partial charge in [-0.1, -0.05) is 43.2 Å². The van der Waals surface area contributed by atoms with Crippen molar-refractivity contribution in [2.45, 2.75) is 56.3 Å². The van der Waals surface area contributed by atoms with Gasteiger partial charge in [-0.05, 0) is 73.8 Å². The molecule has 1 fully saturated rings. The second kappa shape index (κ2) is 10.6. The average Bonchev–Trinajstić information content (AvgIpc) is 3.38. The topological polar surface area (TPSA) is 145 Å². The second-order valence-electron chi connectivity index (χ2n) is 11.1. The molecule has 0 saturated heterocycles. The Morgan fingerprint density at radius 1 is 1.00 bits per heavy atom. The highest BCUT2D eigenvalue weighted by Gasteiger charge is 2.49. The van der Waals surface area contributed by atoms with E-state index < -0.39 is 11.6 Å². The molecular formula is C32H35N5O3S. The number of ketones is 1. The van der Waals surface area contributed by atoms with E-state index in [1.165, 1.54) is 11.3 Å². The van der Waals surface area contributed by atoms with Crippen LogP contribution in [0.5, 0.6) is 11.5 Å². The molecule has 2 aliphatic carbocycles. The third-order valence-corrected chi connectivity index (χ3v) is 9.83. The molecule has 4 atom stereocenters. The molecule has 8 nitrogen and oxygen atoms in total. The van der Waals surface area contributed by atoms with Crippen LogP contribution >= 0.6 is 11.3 Å². The van der Waals surface area contributed by atoms with Crippen molar-refractivity contribution in [1.29, 1.82) is 0 Å². The predicted octanol–water partition coefficient (Wildman–Crippen LogP) is 4.63. The normalized spacial score (nSPS) is 23.9. The van der Waals surface area contributed by atoms with Crippen LogP contribution in [-0.4, -0.2) is 30.8 Å². The van der Waals surface area contributed by atoms with E-state index in [1.807, 2.05) is 62.5 Å². The van der Waals surface area contributed by atoms with Crippen molar-refractivity contribution in [3.05, 3.63) is 87.8 Å². The number of hydrogen-bond acceptors (Lipinski definition) is 8. The molecule has 1 aromatic heterocycles. The van der Waals surface area contributed by atoms with Gasteiger partial charge in [-0.15, -0.1) is 11.3 Å². The number of carbonyl (C=O) groups excluding carboxylic acids is 2. The van der Waals surface area contributed by atoms with Crippen LogP contribution in [0.4, 0.5) is 5.69 Å². The number of nitrogens with one attached hydrogen (secondary N) is 2. The first kappa shape index (κ1) is 27.4. The molecule has 1 heterocycles. The summed E-state index contributed by atoms with van der Waals surface area (Å²) in [6, 6.07) is 17.6. The van der Waals surface area contributed by atoms with Crippen LogP contribution in [0.25, 0.3) is 10.1 Å². The SMILES string of the molecule is CN[C@@H]1CCCC[C@@H]1NC(=O)c1sc2c(N)ccc3c2c1C(N)C(=O)C3(N)c1ccc(Oc2ccccc2)cc1C. The van der Waals surface area contributed by atoms with Crippen LogP contribution < -0.4 is 32.6 Å². The minimum Gasteiger partial charge on any atom is -0.457 e. The van der Waals surface area contributed by atoms with E-state index in [9.17, 15) is 9.59 Å². The summed E-state index contributed by atoms with van der Waals surface area (Å²) in [4.78, 5) is 28.3. The third kappa shape index (κ3) is 4.49. The predicted molar refractivity (Wildman–Crippen MR) is 163 cm³/mol. The number of carbonyl (C=O) groups is 2. The molecule has 0 radical (unpaired) electrons. The lowest BCUT2D eigenvalue weighted by Crippen LogP contribution is -2.53. The number of anilines is 1. The van der Waals surface area contributed by atoms with E-state index in [2.05, 4.69) is 10.6 Å². The van der Waals surface area contributed by atoms with Gasteiger partial charge in [0.2, 0.25) is 0 Å². The van der Waals surface area contributed by atoms with E-state index in [0.717, 1.165) is 35.9 Å². The van der Waals surface area contributed by atoms with Crippen LogP contribution in [0.15, 0.2) is 60.7 Å². The minimum absolute atomic E-state index is 0.00105. The van der Waals surface area contributed by atoms with Gasteiger partial charge in [-0.3, -0.25) is 9.59 Å². The van der Waals surface area contributed by atoms with Gasteiger partial charge in [-0.25, -0.2) is 0 Å². The van der Waals surface area contributed by atoms with E-state index >= 15 is 0 Å². The van der Waals surface area contributed by atoms with Crippen LogP contribution in [0.3, 0.4) is 0 Å². The highest BCUT2D eigenvalue weighted by atomic mass is 32.1. The average molecular weight is 570 g/mol. The van der Waals surface area contributed by atoms with Crippen molar-refractivity contribution in [2.75, 3.05) is 12.8 Å². The quantitative estimate of drug-likeness (QED) is 0.213. The Hall–Kier alpha value is -3.76. The molecule has 3 aromatic carbocycles. The van der Waals surface area contributed by atoms with E-state index in [1.54, 1.807) is 12.1 Å². The molecule has 41 heavy (non-hydrogen) atoms. The van der Waals surface area contributed by atoms with Gasteiger partial charge in [0.25, 0.3) is 5.91 Å². The Bertz CT molecular complexity index is 1650. The molecule has 212 valence electrons. The first-order valence-corrected chi connectivity index (χ1v) is 14.8. The summed E-state index contributed by atoms with van der Waals surface area (Å²) in [6.45, 7) is 1.90. The largest absolute Gasteiger partial charge is 0.457 e. The molecule has 2 unspecified atom stereocenters. The van der Waals surface area contributed by atoms with Gasteiger partial charge in [-0.2, -0.15) is 0 Å². The Labute approximate surface area is 243 Å². The van der Waals surface area contributed by atoms with Gasteiger partial charge >= 0.3 is 0 Å². The molecule has 4 aromatic rings. The first-order chi connectivity index (χ1) is 19.7. The van der Waals surface area contributed by atoms with Crippen molar-refractivity contribution in [3.8, 4) is 11.5 Å². The Kier molecular flexibility index (Phi) is 7.07. The summed E-state index contributed by atoms with van der Waals surface area (Å²) in [5, 5.41) is 7.24. The fourth-order valence-corrected chi connectivity index (χ4v) is 7.68. The molecular weight excluding hydrogens is 534 g/mol. The Morgan fingerprint density at radius 3 is 2.41 bits per heavy atom. The molecule has 0 bridgehead atoms. The lowest BCUT2D eigenvalue weighted by molar-refractivity contribution is -0.124. The lowest BCUT2D eigenvalue weighted by Gasteiger charge is -2.37. The molecule has 1 saturated carbocycles. The summed E-state index contributed by atoms with van der Waals surface area (Å²) in [5.74, 6) is 0.745. The third-order valence-electron chi connectivity index (χ3n) is 8.57. The summed E-state index contributed by atoms with van der Waals surface area (Å²) in [5.41, 5.74) is 21.7. The fourth-order valence-electron chi connectivity index (χ4n) is 6.48. The van der Waals surface area contributed by atoms with Crippen LogP contribution in [0.1, 0.15) is 63.7 Å². The number of nitrogen functional groups attached to an aromatic ring is 1. The molecule has 9 heteroatoms. The number of likely N-dealkylation sites (N-methyl/N-ethyl adjacent to an activating group) is 1.